The van der Waals surface area contributed by atoms with Gasteiger partial charge in [0.1, 0.15) is 6.10 Å². The Balaban J connectivity index is 2.26. The van der Waals surface area contributed by atoms with Crippen LogP contribution in [-0.4, -0.2) is 42.5 Å². The molecule has 2 amide bonds. The van der Waals surface area contributed by atoms with E-state index in [1.165, 1.54) is 4.90 Å². The normalized spacial score (nSPS) is 19.1. The van der Waals surface area contributed by atoms with E-state index in [2.05, 4.69) is 10.1 Å². The molecular formula is C10H17F3N2O2. The quantitative estimate of drug-likeness (QED) is 0.836. The molecule has 1 aliphatic rings. The number of ether oxygens (including phenoxy) is 1. The van der Waals surface area contributed by atoms with E-state index in [9.17, 15) is 18.0 Å². The van der Waals surface area contributed by atoms with Gasteiger partial charge in [0.2, 0.25) is 0 Å². The van der Waals surface area contributed by atoms with Crippen LogP contribution in [0.1, 0.15) is 20.8 Å². The number of likely N-dealkylation sites (tertiary alicyclic amines) is 1. The van der Waals surface area contributed by atoms with Gasteiger partial charge >= 0.3 is 12.4 Å². The maximum Gasteiger partial charge on any atom is 0.522 e. The zero-order chi connectivity index (χ0) is 13.2. The summed E-state index contributed by atoms with van der Waals surface area (Å²) < 4.78 is 39.3. The van der Waals surface area contributed by atoms with E-state index in [-0.39, 0.29) is 31.1 Å². The number of urea groups is 1. The number of hydrogen-bond acceptors (Lipinski definition) is 2. The smallest absolute Gasteiger partial charge is 0.335 e. The number of carbonyl (C=O) groups excluding carboxylic acids is 1. The van der Waals surface area contributed by atoms with Crippen molar-refractivity contribution in [3.63, 3.8) is 0 Å². The molecule has 7 heteroatoms. The van der Waals surface area contributed by atoms with Crippen molar-refractivity contribution in [1.29, 1.82) is 0 Å². The van der Waals surface area contributed by atoms with E-state index in [0.717, 1.165) is 0 Å². The van der Waals surface area contributed by atoms with E-state index in [4.69, 9.17) is 0 Å². The lowest BCUT2D eigenvalue weighted by Gasteiger charge is -2.39. The minimum absolute atomic E-state index is 0.00918. The molecule has 0 spiro atoms. The molecule has 0 aromatic rings. The Morgan fingerprint density at radius 2 is 1.88 bits per heavy atom. The molecule has 0 unspecified atom stereocenters. The van der Waals surface area contributed by atoms with Crippen molar-refractivity contribution < 1.29 is 22.7 Å². The largest absolute Gasteiger partial charge is 0.522 e. The van der Waals surface area contributed by atoms with Crippen molar-refractivity contribution in [3.05, 3.63) is 0 Å². The second kappa shape index (κ2) is 5.12. The molecule has 100 valence electrons. The maximum atomic E-state index is 11.8. The van der Waals surface area contributed by atoms with Gasteiger partial charge in [0.25, 0.3) is 0 Å². The molecule has 1 rings (SSSR count). The summed E-state index contributed by atoms with van der Waals surface area (Å²) in [6.07, 6.45) is -5.56. The molecule has 0 saturated carbocycles. The van der Waals surface area contributed by atoms with Crippen LogP contribution in [0.3, 0.4) is 0 Å². The first kappa shape index (κ1) is 14.1. The number of amides is 2. The van der Waals surface area contributed by atoms with Crippen LogP contribution in [0, 0.1) is 5.92 Å². The Morgan fingerprint density at radius 3 is 2.29 bits per heavy atom. The van der Waals surface area contributed by atoms with Gasteiger partial charge in [-0.2, -0.15) is 0 Å². The number of hydrogen-bond donors (Lipinski definition) is 1. The summed E-state index contributed by atoms with van der Waals surface area (Å²) in [4.78, 5) is 12.8. The van der Waals surface area contributed by atoms with Gasteiger partial charge in [-0.25, -0.2) is 4.79 Å². The molecule has 1 saturated heterocycles. The Hall–Kier alpha value is -0.980. The Labute approximate surface area is 98.1 Å². The summed E-state index contributed by atoms with van der Waals surface area (Å²) in [5, 5.41) is 2.71. The molecule has 4 nitrogen and oxygen atoms in total. The summed E-state index contributed by atoms with van der Waals surface area (Å²) in [5.74, 6) is 0.280. The zero-order valence-electron chi connectivity index (χ0n) is 10.0. The highest BCUT2D eigenvalue weighted by atomic mass is 19.4. The van der Waals surface area contributed by atoms with E-state index < -0.39 is 12.5 Å². The second-order valence-electron chi connectivity index (χ2n) is 4.57. The fourth-order valence-corrected chi connectivity index (χ4v) is 1.32. The number of rotatable bonds is 3. The number of carbonyl (C=O) groups is 1. The van der Waals surface area contributed by atoms with Gasteiger partial charge in [0.15, 0.2) is 0 Å². The molecule has 0 aromatic carbocycles. The molecule has 0 aliphatic carbocycles. The standard InChI is InChI=1S/C10H17F3N2O2/c1-6(2)7(3)14-9(16)15-4-8(5-15)17-10(11,12)13/h6-8H,4-5H2,1-3H3,(H,14,16)/t7-/m1/s1. The number of nitrogens with one attached hydrogen (secondary N) is 1. The second-order valence-corrected chi connectivity index (χ2v) is 4.57. The Kier molecular flexibility index (Phi) is 4.24. The first-order chi connectivity index (χ1) is 7.69. The molecule has 1 atom stereocenters. The third-order valence-electron chi connectivity index (χ3n) is 2.79. The average Bonchev–Trinajstić information content (AvgIpc) is 2.08. The molecular weight excluding hydrogens is 237 g/mol. The molecule has 17 heavy (non-hydrogen) atoms. The fraction of sp³-hybridized carbons (Fsp3) is 0.900. The SMILES string of the molecule is CC(C)[C@@H](C)NC(=O)N1CC(OC(F)(F)F)C1. The predicted octanol–water partition coefficient (Wildman–Crippen LogP) is 1.96. The summed E-state index contributed by atoms with van der Waals surface area (Å²) >= 11 is 0. The number of alkyl halides is 3. The average molecular weight is 254 g/mol. The molecule has 1 N–H and O–H groups in total. The molecule has 1 fully saturated rings. The van der Waals surface area contributed by atoms with Crippen LogP contribution in [-0.2, 0) is 4.74 Å². The molecule has 1 aliphatic heterocycles. The monoisotopic (exact) mass is 254 g/mol. The lowest BCUT2D eigenvalue weighted by molar-refractivity contribution is -0.352. The van der Waals surface area contributed by atoms with E-state index >= 15 is 0 Å². The van der Waals surface area contributed by atoms with Crippen molar-refractivity contribution in [1.82, 2.24) is 10.2 Å². The van der Waals surface area contributed by atoms with Gasteiger partial charge in [-0.1, -0.05) is 13.8 Å². The molecule has 0 bridgehead atoms. The Bertz CT molecular complexity index is 275. The summed E-state index contributed by atoms with van der Waals surface area (Å²) in [7, 11) is 0. The highest BCUT2D eigenvalue weighted by Crippen LogP contribution is 2.23. The van der Waals surface area contributed by atoms with Crippen LogP contribution >= 0.6 is 0 Å². The maximum absolute atomic E-state index is 11.8. The van der Waals surface area contributed by atoms with Crippen molar-refractivity contribution in [2.45, 2.75) is 39.3 Å². The third-order valence-corrected chi connectivity index (χ3v) is 2.79. The van der Waals surface area contributed by atoms with Gasteiger partial charge in [-0.15, -0.1) is 13.2 Å². The van der Waals surface area contributed by atoms with Gasteiger partial charge in [0, 0.05) is 6.04 Å². The van der Waals surface area contributed by atoms with E-state index in [1.807, 2.05) is 20.8 Å². The van der Waals surface area contributed by atoms with Crippen LogP contribution in [0.15, 0.2) is 0 Å². The summed E-state index contributed by atoms with van der Waals surface area (Å²) in [5.41, 5.74) is 0. The molecule has 0 aromatic heterocycles. The van der Waals surface area contributed by atoms with Crippen molar-refractivity contribution in [2.24, 2.45) is 5.92 Å². The predicted molar refractivity (Wildman–Crippen MR) is 55.3 cm³/mol. The number of halogens is 3. The lowest BCUT2D eigenvalue weighted by atomic mass is 10.1. The van der Waals surface area contributed by atoms with Crippen molar-refractivity contribution >= 4 is 6.03 Å². The van der Waals surface area contributed by atoms with Crippen LogP contribution in [0.4, 0.5) is 18.0 Å². The topological polar surface area (TPSA) is 41.6 Å². The molecule has 1 heterocycles. The highest BCUT2D eigenvalue weighted by molar-refractivity contribution is 5.75. The van der Waals surface area contributed by atoms with Gasteiger partial charge in [0.05, 0.1) is 13.1 Å². The minimum Gasteiger partial charge on any atom is -0.335 e. The third kappa shape index (κ3) is 4.41. The van der Waals surface area contributed by atoms with E-state index in [0.29, 0.717) is 0 Å². The van der Waals surface area contributed by atoms with Gasteiger partial charge in [-0.3, -0.25) is 4.74 Å². The zero-order valence-corrected chi connectivity index (χ0v) is 10.0. The van der Waals surface area contributed by atoms with Gasteiger partial charge in [-0.05, 0) is 12.8 Å². The van der Waals surface area contributed by atoms with E-state index in [1.54, 1.807) is 0 Å². The van der Waals surface area contributed by atoms with Crippen LogP contribution in [0.5, 0.6) is 0 Å². The Morgan fingerprint density at radius 1 is 1.35 bits per heavy atom. The summed E-state index contributed by atoms with van der Waals surface area (Å²) in [6, 6.07) is -0.349. The van der Waals surface area contributed by atoms with Crippen LogP contribution in [0.25, 0.3) is 0 Å². The van der Waals surface area contributed by atoms with Crippen LogP contribution < -0.4 is 5.32 Å². The molecule has 0 radical (unpaired) electrons. The summed E-state index contributed by atoms with van der Waals surface area (Å²) in [6.45, 7) is 5.73. The van der Waals surface area contributed by atoms with Crippen molar-refractivity contribution in [2.75, 3.05) is 13.1 Å². The first-order valence-electron chi connectivity index (χ1n) is 5.49. The lowest BCUT2D eigenvalue weighted by Crippen LogP contribution is -2.60. The van der Waals surface area contributed by atoms with Crippen LogP contribution in [0.2, 0.25) is 0 Å². The highest BCUT2D eigenvalue weighted by Gasteiger charge is 2.40. The first-order valence-corrected chi connectivity index (χ1v) is 5.49. The van der Waals surface area contributed by atoms with Crippen molar-refractivity contribution in [3.8, 4) is 0 Å². The number of nitrogens with zero attached hydrogens (tertiary/aromatic N) is 1. The fourth-order valence-electron chi connectivity index (χ4n) is 1.32. The van der Waals surface area contributed by atoms with Gasteiger partial charge < -0.3 is 10.2 Å². The minimum atomic E-state index is -4.63.